The first-order valence-electron chi connectivity index (χ1n) is 8.34. The molecule has 0 saturated carbocycles. The summed E-state index contributed by atoms with van der Waals surface area (Å²) in [5, 5.41) is 10.7. The van der Waals surface area contributed by atoms with Crippen molar-refractivity contribution in [3.8, 4) is 0 Å². The minimum Gasteiger partial charge on any atom is -0.350 e. The van der Waals surface area contributed by atoms with Crippen molar-refractivity contribution in [1.82, 2.24) is 9.88 Å². The average molecular weight is 358 g/mol. The number of halogens is 1. The lowest BCUT2D eigenvalue weighted by molar-refractivity contribution is -0.384. The minimum atomic E-state index is -0.522. The van der Waals surface area contributed by atoms with Crippen LogP contribution in [0, 0.1) is 16.1 Å². The molecule has 1 aliphatic rings. The number of hydrogen-bond donors (Lipinski definition) is 0. The van der Waals surface area contributed by atoms with Crippen molar-refractivity contribution >= 4 is 17.4 Å². The van der Waals surface area contributed by atoms with Crippen LogP contribution in [0.15, 0.2) is 42.5 Å². The third-order valence-electron chi connectivity index (χ3n) is 4.48. The van der Waals surface area contributed by atoms with E-state index in [0.29, 0.717) is 25.5 Å². The molecule has 1 amide bonds. The number of benzene rings is 1. The van der Waals surface area contributed by atoms with E-state index >= 15 is 0 Å². The number of nitrogens with zero attached hydrogens (tertiary/aromatic N) is 4. The number of anilines is 1. The third kappa shape index (κ3) is 3.96. The van der Waals surface area contributed by atoms with Crippen molar-refractivity contribution in [2.75, 3.05) is 24.5 Å². The number of carbonyl (C=O) groups is 1. The Hall–Kier alpha value is -3.03. The maximum atomic E-state index is 13.3. The number of piperazine rings is 1. The summed E-state index contributed by atoms with van der Waals surface area (Å²) in [7, 11) is 0. The fraction of sp³-hybridized carbons (Fsp3) is 0.333. The summed E-state index contributed by atoms with van der Waals surface area (Å²) in [4.78, 5) is 30.4. The van der Waals surface area contributed by atoms with Crippen molar-refractivity contribution in [3.05, 3.63) is 64.1 Å². The molecular weight excluding hydrogens is 339 g/mol. The Morgan fingerprint density at radius 2 is 2.00 bits per heavy atom. The molecule has 2 heterocycles. The van der Waals surface area contributed by atoms with Crippen LogP contribution in [0.2, 0.25) is 0 Å². The van der Waals surface area contributed by atoms with Crippen molar-refractivity contribution in [1.29, 1.82) is 0 Å². The molecule has 1 fully saturated rings. The molecule has 0 radical (unpaired) electrons. The highest BCUT2D eigenvalue weighted by atomic mass is 19.1. The summed E-state index contributed by atoms with van der Waals surface area (Å²) < 4.78 is 13.3. The summed E-state index contributed by atoms with van der Waals surface area (Å²) in [6.07, 6.45) is 0.197. The molecule has 2 aromatic rings. The maximum absolute atomic E-state index is 13.3. The van der Waals surface area contributed by atoms with E-state index in [4.69, 9.17) is 0 Å². The number of pyridine rings is 1. The molecule has 0 aliphatic carbocycles. The highest BCUT2D eigenvalue weighted by Crippen LogP contribution is 2.19. The van der Waals surface area contributed by atoms with Crippen LogP contribution in [0.4, 0.5) is 15.9 Å². The first kappa shape index (κ1) is 17.8. The van der Waals surface area contributed by atoms with Gasteiger partial charge in [-0.05, 0) is 24.6 Å². The van der Waals surface area contributed by atoms with Gasteiger partial charge in [0.1, 0.15) is 5.82 Å². The van der Waals surface area contributed by atoms with E-state index in [1.54, 1.807) is 29.2 Å². The number of nitro groups is 1. The largest absolute Gasteiger partial charge is 0.350 e. The number of rotatable bonds is 4. The Balaban J connectivity index is 1.61. The zero-order chi connectivity index (χ0) is 18.7. The van der Waals surface area contributed by atoms with Gasteiger partial charge in [-0.2, -0.15) is 4.39 Å². The quantitative estimate of drug-likeness (QED) is 0.476. The Kier molecular flexibility index (Phi) is 5.11. The van der Waals surface area contributed by atoms with Crippen LogP contribution in [0.3, 0.4) is 0 Å². The van der Waals surface area contributed by atoms with E-state index in [1.807, 2.05) is 11.8 Å². The van der Waals surface area contributed by atoms with Gasteiger partial charge in [0, 0.05) is 37.8 Å². The van der Waals surface area contributed by atoms with Crippen LogP contribution in [-0.4, -0.2) is 46.4 Å². The SMILES string of the molecule is CC1CN(C(=O)Cc2ccc([N+](=O)[O-])cc2)CCN1c1cccc(F)n1. The van der Waals surface area contributed by atoms with Gasteiger partial charge in [0.25, 0.3) is 5.69 Å². The third-order valence-corrected chi connectivity index (χ3v) is 4.48. The lowest BCUT2D eigenvalue weighted by Crippen LogP contribution is -2.54. The number of nitro benzene ring substituents is 1. The van der Waals surface area contributed by atoms with Gasteiger partial charge in [-0.25, -0.2) is 4.98 Å². The predicted octanol–water partition coefficient (Wildman–Crippen LogP) is 2.41. The highest BCUT2D eigenvalue weighted by Gasteiger charge is 2.27. The van der Waals surface area contributed by atoms with Gasteiger partial charge in [-0.1, -0.05) is 18.2 Å². The standard InChI is InChI=1S/C18H19FN4O3/c1-13-12-21(9-10-22(13)17-4-2-3-16(19)20-17)18(24)11-14-5-7-15(8-6-14)23(25)26/h2-8,13H,9-12H2,1H3. The zero-order valence-corrected chi connectivity index (χ0v) is 14.3. The molecule has 1 saturated heterocycles. The number of carbonyl (C=O) groups excluding carboxylic acids is 1. The van der Waals surface area contributed by atoms with Crippen molar-refractivity contribution in [3.63, 3.8) is 0 Å². The smallest absolute Gasteiger partial charge is 0.269 e. The molecule has 1 unspecified atom stereocenters. The fourth-order valence-corrected chi connectivity index (χ4v) is 3.10. The van der Waals surface area contributed by atoms with Gasteiger partial charge in [0.05, 0.1) is 11.3 Å². The van der Waals surface area contributed by atoms with Crippen molar-refractivity contribution in [2.45, 2.75) is 19.4 Å². The zero-order valence-electron chi connectivity index (χ0n) is 14.3. The fourth-order valence-electron chi connectivity index (χ4n) is 3.10. The Bertz CT molecular complexity index is 812. The molecule has 0 bridgehead atoms. The van der Waals surface area contributed by atoms with Crippen LogP contribution in [-0.2, 0) is 11.2 Å². The molecule has 136 valence electrons. The van der Waals surface area contributed by atoms with E-state index in [2.05, 4.69) is 4.98 Å². The number of non-ortho nitro benzene ring substituents is 1. The first-order valence-corrected chi connectivity index (χ1v) is 8.34. The topological polar surface area (TPSA) is 79.6 Å². The van der Waals surface area contributed by atoms with Gasteiger partial charge in [0.15, 0.2) is 0 Å². The maximum Gasteiger partial charge on any atom is 0.269 e. The second-order valence-corrected chi connectivity index (χ2v) is 6.30. The summed E-state index contributed by atoms with van der Waals surface area (Å²) >= 11 is 0. The normalized spacial score (nSPS) is 17.2. The van der Waals surface area contributed by atoms with Gasteiger partial charge in [-0.3, -0.25) is 14.9 Å². The number of amides is 1. The molecule has 3 rings (SSSR count). The Morgan fingerprint density at radius 3 is 2.62 bits per heavy atom. The molecule has 0 spiro atoms. The molecule has 1 aliphatic heterocycles. The van der Waals surface area contributed by atoms with Crippen LogP contribution in [0.25, 0.3) is 0 Å². The lowest BCUT2D eigenvalue weighted by atomic mass is 10.1. The van der Waals surface area contributed by atoms with E-state index in [0.717, 1.165) is 5.56 Å². The summed E-state index contributed by atoms with van der Waals surface area (Å²) in [6.45, 7) is 3.58. The Morgan fingerprint density at radius 1 is 1.27 bits per heavy atom. The molecular formula is C18H19FN4O3. The number of aromatic nitrogens is 1. The van der Waals surface area contributed by atoms with Gasteiger partial charge in [-0.15, -0.1) is 0 Å². The molecule has 1 aromatic carbocycles. The lowest BCUT2D eigenvalue weighted by Gasteiger charge is -2.40. The Labute approximate surface area is 150 Å². The van der Waals surface area contributed by atoms with E-state index in [1.165, 1.54) is 18.2 Å². The molecule has 26 heavy (non-hydrogen) atoms. The summed E-state index contributed by atoms with van der Waals surface area (Å²) in [5.41, 5.74) is 0.744. The second kappa shape index (κ2) is 7.47. The summed E-state index contributed by atoms with van der Waals surface area (Å²) in [5.74, 6) is 0.0175. The van der Waals surface area contributed by atoms with Crippen molar-refractivity contribution < 1.29 is 14.1 Å². The highest BCUT2D eigenvalue weighted by molar-refractivity contribution is 5.79. The summed E-state index contributed by atoms with van der Waals surface area (Å²) in [6, 6.07) is 10.7. The molecule has 1 atom stereocenters. The first-order chi connectivity index (χ1) is 12.4. The van der Waals surface area contributed by atoms with Gasteiger partial charge < -0.3 is 9.80 Å². The van der Waals surface area contributed by atoms with E-state index < -0.39 is 10.9 Å². The van der Waals surface area contributed by atoms with E-state index in [9.17, 15) is 19.3 Å². The van der Waals surface area contributed by atoms with Crippen LogP contribution >= 0.6 is 0 Å². The van der Waals surface area contributed by atoms with Gasteiger partial charge in [0.2, 0.25) is 11.9 Å². The average Bonchev–Trinajstić information content (AvgIpc) is 2.62. The molecule has 0 N–H and O–H groups in total. The monoisotopic (exact) mass is 358 g/mol. The molecule has 7 nitrogen and oxygen atoms in total. The van der Waals surface area contributed by atoms with Crippen LogP contribution < -0.4 is 4.90 Å². The minimum absolute atomic E-state index is 0.00558. The number of hydrogen-bond acceptors (Lipinski definition) is 5. The van der Waals surface area contributed by atoms with Crippen LogP contribution in [0.1, 0.15) is 12.5 Å². The molecule has 8 heteroatoms. The molecule has 1 aromatic heterocycles. The van der Waals surface area contributed by atoms with Crippen LogP contribution in [0.5, 0.6) is 0 Å². The van der Waals surface area contributed by atoms with E-state index in [-0.39, 0.29) is 24.1 Å². The van der Waals surface area contributed by atoms with Gasteiger partial charge >= 0.3 is 0 Å². The van der Waals surface area contributed by atoms with Crippen molar-refractivity contribution in [2.24, 2.45) is 0 Å². The predicted molar refractivity (Wildman–Crippen MR) is 94.4 cm³/mol. The second-order valence-electron chi connectivity index (χ2n) is 6.30.